The second-order valence-electron chi connectivity index (χ2n) is 4.09. The van der Waals surface area contributed by atoms with Crippen LogP contribution in [-0.2, 0) is 4.79 Å². The summed E-state index contributed by atoms with van der Waals surface area (Å²) in [5.74, 6) is 0. The van der Waals surface area contributed by atoms with Crippen molar-refractivity contribution in [1.82, 2.24) is 4.67 Å². The van der Waals surface area contributed by atoms with Crippen molar-refractivity contribution in [2.45, 2.75) is 38.9 Å². The van der Waals surface area contributed by atoms with Crippen molar-refractivity contribution in [2.75, 3.05) is 7.05 Å². The summed E-state index contributed by atoms with van der Waals surface area (Å²) in [5.41, 5.74) is 0. The molecular weight excluding hydrogens is 180 g/mol. The van der Waals surface area contributed by atoms with Crippen molar-refractivity contribution in [1.29, 1.82) is 0 Å². The van der Waals surface area contributed by atoms with E-state index in [-0.39, 0.29) is 0 Å². The first-order valence-electron chi connectivity index (χ1n) is 4.68. The molecule has 0 unspecified atom stereocenters. The molecule has 0 radical (unpaired) electrons. The summed E-state index contributed by atoms with van der Waals surface area (Å²) < 4.78 is 2.06. The zero-order valence-corrected chi connectivity index (χ0v) is 10.1. The number of unbranched alkanes of at least 4 members (excludes halogenated alkanes) is 2. The second-order valence-corrected chi connectivity index (χ2v) is 9.08. The fourth-order valence-corrected chi connectivity index (χ4v) is 1.07. The molecule has 0 aliphatic carbocycles. The van der Waals surface area contributed by atoms with Gasteiger partial charge in [0.25, 0.3) is 0 Å². The molecule has 0 amide bonds. The second kappa shape index (κ2) is 5.91. The van der Waals surface area contributed by atoms with Crippen molar-refractivity contribution in [3.63, 3.8) is 0 Å². The van der Waals surface area contributed by atoms with Crippen LogP contribution in [0.2, 0.25) is 19.6 Å². The average Bonchev–Trinajstić information content (AvgIpc) is 2.02. The van der Waals surface area contributed by atoms with Crippen LogP contribution in [0.15, 0.2) is 5.10 Å². The summed E-state index contributed by atoms with van der Waals surface area (Å²) in [7, 11) is 0.753. The molecule has 0 bridgehead atoms. The third-order valence-corrected chi connectivity index (χ3v) is 3.94. The Morgan fingerprint density at radius 3 is 2.38 bits per heavy atom. The van der Waals surface area contributed by atoms with Gasteiger partial charge in [-0.3, -0.25) is 0 Å². The van der Waals surface area contributed by atoms with E-state index >= 15 is 0 Å². The molecule has 3 nitrogen and oxygen atoms in total. The standard InChI is InChI=1S/C9H20N2OSi/c1-11(13(2,3)4)10-8-6-5-7-9-12/h8-9H,5-7H2,1-4H3/b10-8+. The van der Waals surface area contributed by atoms with Crippen LogP contribution >= 0.6 is 0 Å². The molecule has 0 saturated heterocycles. The van der Waals surface area contributed by atoms with Crippen LogP contribution in [-0.4, -0.2) is 32.5 Å². The number of rotatable bonds is 6. The summed E-state index contributed by atoms with van der Waals surface area (Å²) in [6.45, 7) is 6.74. The van der Waals surface area contributed by atoms with E-state index in [1.807, 2.05) is 13.3 Å². The van der Waals surface area contributed by atoms with Crippen LogP contribution in [0.3, 0.4) is 0 Å². The molecule has 0 heterocycles. The van der Waals surface area contributed by atoms with Crippen LogP contribution in [0.5, 0.6) is 0 Å². The van der Waals surface area contributed by atoms with Crippen molar-refractivity contribution in [2.24, 2.45) is 5.10 Å². The third-order valence-electron chi connectivity index (χ3n) is 1.88. The van der Waals surface area contributed by atoms with Crippen LogP contribution in [0.25, 0.3) is 0 Å². The Bertz CT molecular complexity index is 175. The van der Waals surface area contributed by atoms with Gasteiger partial charge in [-0.2, -0.15) is 5.10 Å². The lowest BCUT2D eigenvalue weighted by Crippen LogP contribution is -2.39. The largest absolute Gasteiger partial charge is 0.328 e. The van der Waals surface area contributed by atoms with Crippen LogP contribution in [0.1, 0.15) is 19.3 Å². The van der Waals surface area contributed by atoms with Crippen LogP contribution in [0, 0.1) is 0 Å². The Balaban J connectivity index is 3.65. The molecule has 0 atom stereocenters. The van der Waals surface area contributed by atoms with Gasteiger partial charge < -0.3 is 9.47 Å². The topological polar surface area (TPSA) is 32.7 Å². The summed E-state index contributed by atoms with van der Waals surface area (Å²) in [4.78, 5) is 10.0. The highest BCUT2D eigenvalue weighted by atomic mass is 28.3. The van der Waals surface area contributed by atoms with E-state index in [0.717, 1.165) is 19.1 Å². The molecule has 0 aromatic heterocycles. The van der Waals surface area contributed by atoms with Gasteiger partial charge in [-0.15, -0.1) is 0 Å². The van der Waals surface area contributed by atoms with E-state index in [9.17, 15) is 4.79 Å². The molecule has 0 aliphatic heterocycles. The first-order chi connectivity index (χ1) is 5.98. The molecule has 0 aromatic rings. The number of aldehydes is 1. The molecule has 0 fully saturated rings. The van der Waals surface area contributed by atoms with Gasteiger partial charge in [0.1, 0.15) is 6.29 Å². The fourth-order valence-electron chi connectivity index (χ4n) is 0.646. The van der Waals surface area contributed by atoms with Crippen LogP contribution in [0.4, 0.5) is 0 Å². The van der Waals surface area contributed by atoms with Crippen molar-refractivity contribution in [3.05, 3.63) is 0 Å². The minimum atomic E-state index is -1.26. The molecule has 0 spiro atoms. The van der Waals surface area contributed by atoms with Gasteiger partial charge >= 0.3 is 0 Å². The summed E-state index contributed by atoms with van der Waals surface area (Å²) in [6.07, 6.45) is 5.31. The predicted octanol–water partition coefficient (Wildman–Crippen LogP) is 2.11. The van der Waals surface area contributed by atoms with Crippen LogP contribution < -0.4 is 0 Å². The average molecular weight is 200 g/mol. The van der Waals surface area contributed by atoms with E-state index < -0.39 is 8.24 Å². The first kappa shape index (κ1) is 12.4. The number of hydrogen-bond acceptors (Lipinski definition) is 3. The molecular formula is C9H20N2OSi. The highest BCUT2D eigenvalue weighted by Crippen LogP contribution is 2.05. The Labute approximate surface area is 81.9 Å². The minimum absolute atomic E-state index is 0.642. The monoisotopic (exact) mass is 200 g/mol. The molecule has 0 N–H and O–H groups in total. The SMILES string of the molecule is CN(/N=C/CCCC=O)[Si](C)(C)C. The fraction of sp³-hybridized carbons (Fsp3) is 0.778. The Morgan fingerprint density at radius 2 is 1.92 bits per heavy atom. The smallest absolute Gasteiger partial charge is 0.168 e. The number of nitrogens with zero attached hydrogens (tertiary/aromatic N) is 2. The lowest BCUT2D eigenvalue weighted by molar-refractivity contribution is -0.107. The highest BCUT2D eigenvalue weighted by molar-refractivity contribution is 6.73. The van der Waals surface area contributed by atoms with Crippen molar-refractivity contribution in [3.8, 4) is 0 Å². The number of hydrogen-bond donors (Lipinski definition) is 0. The van der Waals surface area contributed by atoms with E-state index in [1.54, 1.807) is 0 Å². The van der Waals surface area contributed by atoms with Gasteiger partial charge in [0.15, 0.2) is 8.24 Å². The lowest BCUT2D eigenvalue weighted by atomic mass is 10.3. The number of carbonyl (C=O) groups excluding carboxylic acids is 1. The molecule has 4 heteroatoms. The highest BCUT2D eigenvalue weighted by Gasteiger charge is 2.17. The van der Waals surface area contributed by atoms with E-state index in [1.165, 1.54) is 0 Å². The Kier molecular flexibility index (Phi) is 5.62. The quantitative estimate of drug-likeness (QED) is 0.216. The van der Waals surface area contributed by atoms with Gasteiger partial charge in [-0.1, -0.05) is 19.6 Å². The Morgan fingerprint density at radius 1 is 1.31 bits per heavy atom. The van der Waals surface area contributed by atoms with Gasteiger partial charge in [0, 0.05) is 19.7 Å². The minimum Gasteiger partial charge on any atom is -0.328 e. The zero-order chi connectivity index (χ0) is 10.3. The number of hydrazone groups is 1. The molecule has 0 saturated carbocycles. The lowest BCUT2D eigenvalue weighted by Gasteiger charge is -2.26. The summed E-state index contributed by atoms with van der Waals surface area (Å²) in [5, 5.41) is 4.32. The summed E-state index contributed by atoms with van der Waals surface area (Å²) >= 11 is 0. The maximum absolute atomic E-state index is 10.0. The van der Waals surface area contributed by atoms with Gasteiger partial charge in [0.05, 0.1) is 0 Å². The maximum Gasteiger partial charge on any atom is 0.168 e. The van der Waals surface area contributed by atoms with E-state index in [0.29, 0.717) is 6.42 Å². The molecule has 0 rings (SSSR count). The van der Waals surface area contributed by atoms with E-state index in [4.69, 9.17) is 0 Å². The first-order valence-corrected chi connectivity index (χ1v) is 8.13. The van der Waals surface area contributed by atoms with Gasteiger partial charge in [-0.25, -0.2) is 0 Å². The van der Waals surface area contributed by atoms with Gasteiger partial charge in [0.2, 0.25) is 0 Å². The maximum atomic E-state index is 10.0. The normalized spacial score (nSPS) is 12.0. The predicted molar refractivity (Wildman–Crippen MR) is 59.5 cm³/mol. The third kappa shape index (κ3) is 6.51. The molecule has 76 valence electrons. The van der Waals surface area contributed by atoms with E-state index in [2.05, 4.69) is 29.4 Å². The molecule has 0 aliphatic rings. The van der Waals surface area contributed by atoms with Crippen molar-refractivity contribution < 1.29 is 4.79 Å². The van der Waals surface area contributed by atoms with Crippen molar-refractivity contribution >= 4 is 20.7 Å². The number of carbonyl (C=O) groups is 1. The zero-order valence-electron chi connectivity index (χ0n) is 9.08. The van der Waals surface area contributed by atoms with Gasteiger partial charge in [-0.05, 0) is 12.8 Å². The molecule has 0 aromatic carbocycles. The molecule has 13 heavy (non-hydrogen) atoms. The Hall–Kier alpha value is -0.643. The summed E-state index contributed by atoms with van der Waals surface area (Å²) in [6, 6.07) is 0.